The lowest BCUT2D eigenvalue weighted by Gasteiger charge is -2.23. The molecule has 4 nitrogen and oxygen atoms in total. The van der Waals surface area contributed by atoms with E-state index in [-0.39, 0.29) is 11.9 Å². The van der Waals surface area contributed by atoms with E-state index in [2.05, 4.69) is 26.6 Å². The largest absolute Gasteiger partial charge is 0.378 e. The maximum absolute atomic E-state index is 13.0. The smallest absolute Gasteiger partial charge is 0.243 e. The molecular formula is C11H12BrFN2O2. The van der Waals surface area contributed by atoms with Gasteiger partial charge in [0.05, 0.1) is 18.9 Å². The highest BCUT2D eigenvalue weighted by Crippen LogP contribution is 2.23. The Morgan fingerprint density at radius 3 is 3.12 bits per heavy atom. The van der Waals surface area contributed by atoms with E-state index < -0.39 is 5.82 Å². The second-order valence-electron chi connectivity index (χ2n) is 3.70. The highest BCUT2D eigenvalue weighted by atomic mass is 79.9. The van der Waals surface area contributed by atoms with Crippen molar-refractivity contribution in [2.45, 2.75) is 6.04 Å². The van der Waals surface area contributed by atoms with E-state index in [1.165, 1.54) is 12.1 Å². The number of hydrogen-bond donors (Lipinski definition) is 2. The first kappa shape index (κ1) is 12.5. The third kappa shape index (κ3) is 3.24. The number of amides is 1. The Morgan fingerprint density at radius 2 is 2.41 bits per heavy atom. The lowest BCUT2D eigenvalue weighted by Crippen LogP contribution is -2.48. The molecule has 0 spiro atoms. The zero-order chi connectivity index (χ0) is 12.3. The summed E-state index contributed by atoms with van der Waals surface area (Å²) >= 11 is 3.25. The lowest BCUT2D eigenvalue weighted by molar-refractivity contribution is -0.120. The van der Waals surface area contributed by atoms with Crippen LogP contribution in [0, 0.1) is 5.82 Å². The van der Waals surface area contributed by atoms with Gasteiger partial charge in [-0.05, 0) is 34.1 Å². The number of halogens is 2. The predicted molar refractivity (Wildman–Crippen MR) is 65.3 cm³/mol. The summed E-state index contributed by atoms with van der Waals surface area (Å²) in [7, 11) is 0. The standard InChI is InChI=1S/C11H12BrFN2O2/c12-8-2-1-7(13)5-9(8)15-11(16)10-6-17-4-3-14-10/h1-2,5,10,14H,3-4,6H2,(H,15,16). The van der Waals surface area contributed by atoms with Crippen LogP contribution in [0.15, 0.2) is 22.7 Å². The van der Waals surface area contributed by atoms with E-state index in [1.807, 2.05) is 0 Å². The van der Waals surface area contributed by atoms with Gasteiger partial charge in [-0.15, -0.1) is 0 Å². The fourth-order valence-electron chi connectivity index (χ4n) is 1.55. The van der Waals surface area contributed by atoms with Crippen molar-refractivity contribution >= 4 is 27.5 Å². The fraction of sp³-hybridized carbons (Fsp3) is 0.364. The van der Waals surface area contributed by atoms with Crippen molar-refractivity contribution in [3.8, 4) is 0 Å². The summed E-state index contributed by atoms with van der Waals surface area (Å²) in [6.45, 7) is 1.58. The van der Waals surface area contributed by atoms with Gasteiger partial charge >= 0.3 is 0 Å². The fourth-order valence-corrected chi connectivity index (χ4v) is 1.89. The minimum Gasteiger partial charge on any atom is -0.378 e. The van der Waals surface area contributed by atoms with E-state index in [0.717, 1.165) is 0 Å². The maximum atomic E-state index is 13.0. The monoisotopic (exact) mass is 302 g/mol. The van der Waals surface area contributed by atoms with Gasteiger partial charge in [0.25, 0.3) is 0 Å². The molecule has 1 atom stereocenters. The molecule has 92 valence electrons. The predicted octanol–water partition coefficient (Wildman–Crippen LogP) is 1.52. The first-order valence-electron chi connectivity index (χ1n) is 5.24. The van der Waals surface area contributed by atoms with E-state index in [1.54, 1.807) is 6.07 Å². The molecule has 1 aliphatic heterocycles. The molecule has 0 aliphatic carbocycles. The van der Waals surface area contributed by atoms with Crippen molar-refractivity contribution < 1.29 is 13.9 Å². The van der Waals surface area contributed by atoms with Crippen molar-refractivity contribution in [1.82, 2.24) is 5.32 Å². The number of carbonyl (C=O) groups is 1. The molecule has 6 heteroatoms. The van der Waals surface area contributed by atoms with Gasteiger partial charge in [0, 0.05) is 11.0 Å². The third-order valence-electron chi connectivity index (χ3n) is 2.42. The van der Waals surface area contributed by atoms with Gasteiger partial charge in [-0.3, -0.25) is 4.79 Å². The summed E-state index contributed by atoms with van der Waals surface area (Å²) in [6.07, 6.45) is 0. The Bertz CT molecular complexity index is 422. The zero-order valence-corrected chi connectivity index (χ0v) is 10.6. The number of ether oxygens (including phenoxy) is 1. The van der Waals surface area contributed by atoms with Crippen LogP contribution in [0.2, 0.25) is 0 Å². The topological polar surface area (TPSA) is 50.4 Å². The van der Waals surface area contributed by atoms with Crippen molar-refractivity contribution in [2.24, 2.45) is 0 Å². The number of benzene rings is 1. The molecular weight excluding hydrogens is 291 g/mol. The van der Waals surface area contributed by atoms with Gasteiger partial charge in [-0.1, -0.05) is 0 Å². The minimum absolute atomic E-state index is 0.226. The highest BCUT2D eigenvalue weighted by Gasteiger charge is 2.21. The van der Waals surface area contributed by atoms with Crippen molar-refractivity contribution in [1.29, 1.82) is 0 Å². The van der Waals surface area contributed by atoms with Crippen LogP contribution in [-0.2, 0) is 9.53 Å². The van der Waals surface area contributed by atoms with Gasteiger partial charge in [0.1, 0.15) is 11.9 Å². The van der Waals surface area contributed by atoms with Crippen molar-refractivity contribution in [3.63, 3.8) is 0 Å². The van der Waals surface area contributed by atoms with Crippen LogP contribution in [0.3, 0.4) is 0 Å². The Balaban J connectivity index is 2.04. The van der Waals surface area contributed by atoms with Gasteiger partial charge in [-0.25, -0.2) is 4.39 Å². The first-order valence-corrected chi connectivity index (χ1v) is 6.03. The Morgan fingerprint density at radius 1 is 1.59 bits per heavy atom. The van der Waals surface area contributed by atoms with Crippen molar-refractivity contribution in [2.75, 3.05) is 25.1 Å². The van der Waals surface area contributed by atoms with Gasteiger partial charge in [-0.2, -0.15) is 0 Å². The third-order valence-corrected chi connectivity index (χ3v) is 3.12. The summed E-state index contributed by atoms with van der Waals surface area (Å²) in [5.74, 6) is -0.618. The minimum atomic E-state index is -0.392. The average Bonchev–Trinajstić information content (AvgIpc) is 2.35. The normalized spacial score (nSPS) is 20.0. The molecule has 1 saturated heterocycles. The molecule has 0 saturated carbocycles. The van der Waals surface area contributed by atoms with E-state index in [9.17, 15) is 9.18 Å². The van der Waals surface area contributed by atoms with E-state index in [4.69, 9.17) is 4.74 Å². The second kappa shape index (κ2) is 5.57. The van der Waals surface area contributed by atoms with E-state index in [0.29, 0.717) is 29.9 Å². The quantitative estimate of drug-likeness (QED) is 0.871. The maximum Gasteiger partial charge on any atom is 0.243 e. The average molecular weight is 303 g/mol. The van der Waals surface area contributed by atoms with Gasteiger partial charge < -0.3 is 15.4 Å². The van der Waals surface area contributed by atoms with Crippen LogP contribution in [0.1, 0.15) is 0 Å². The lowest BCUT2D eigenvalue weighted by atomic mass is 10.2. The second-order valence-corrected chi connectivity index (χ2v) is 4.55. The molecule has 1 fully saturated rings. The van der Waals surface area contributed by atoms with Crippen LogP contribution in [0.4, 0.5) is 10.1 Å². The number of anilines is 1. The Labute approximate surface area is 107 Å². The number of rotatable bonds is 2. The van der Waals surface area contributed by atoms with Crippen LogP contribution < -0.4 is 10.6 Å². The SMILES string of the molecule is O=C(Nc1cc(F)ccc1Br)C1COCCN1. The zero-order valence-electron chi connectivity index (χ0n) is 9.00. The molecule has 1 amide bonds. The van der Waals surface area contributed by atoms with Crippen molar-refractivity contribution in [3.05, 3.63) is 28.5 Å². The summed E-state index contributed by atoms with van der Waals surface area (Å²) < 4.78 is 18.9. The number of nitrogens with one attached hydrogen (secondary N) is 2. The van der Waals surface area contributed by atoms with Gasteiger partial charge in [0.2, 0.25) is 5.91 Å². The summed E-state index contributed by atoms with van der Waals surface area (Å²) in [5.41, 5.74) is 0.419. The molecule has 1 aliphatic rings. The molecule has 17 heavy (non-hydrogen) atoms. The summed E-state index contributed by atoms with van der Waals surface area (Å²) in [6, 6.07) is 3.75. The Hall–Kier alpha value is -0.980. The molecule has 1 aromatic rings. The van der Waals surface area contributed by atoms with E-state index >= 15 is 0 Å². The van der Waals surface area contributed by atoms with Gasteiger partial charge in [0.15, 0.2) is 0 Å². The molecule has 1 heterocycles. The Kier molecular flexibility index (Phi) is 4.09. The van der Waals surface area contributed by atoms with Crippen LogP contribution in [0.5, 0.6) is 0 Å². The number of carbonyl (C=O) groups excluding carboxylic acids is 1. The first-order chi connectivity index (χ1) is 8.16. The molecule has 1 aromatic carbocycles. The molecule has 0 aromatic heterocycles. The number of morpholine rings is 1. The van der Waals surface area contributed by atoms with Crippen LogP contribution >= 0.6 is 15.9 Å². The summed E-state index contributed by atoms with van der Waals surface area (Å²) in [4.78, 5) is 11.8. The molecule has 0 bridgehead atoms. The highest BCUT2D eigenvalue weighted by molar-refractivity contribution is 9.10. The molecule has 1 unspecified atom stereocenters. The van der Waals surface area contributed by atoms with Crippen LogP contribution in [0.25, 0.3) is 0 Å². The molecule has 0 radical (unpaired) electrons. The summed E-state index contributed by atoms with van der Waals surface area (Å²) in [5, 5.41) is 5.68. The van der Waals surface area contributed by atoms with Crippen LogP contribution in [-0.4, -0.2) is 31.7 Å². The number of hydrogen-bond acceptors (Lipinski definition) is 3. The molecule has 2 rings (SSSR count). The molecule has 2 N–H and O–H groups in total.